The highest BCUT2D eigenvalue weighted by molar-refractivity contribution is 6.47. The third-order valence-corrected chi connectivity index (χ3v) is 6.14. The summed E-state index contributed by atoms with van der Waals surface area (Å²) in [6.07, 6.45) is 1.78. The van der Waals surface area contributed by atoms with E-state index in [2.05, 4.69) is 10.2 Å². The molecule has 2 heterocycles. The molecule has 0 aliphatic carbocycles. The van der Waals surface area contributed by atoms with Gasteiger partial charge in [0.1, 0.15) is 5.75 Å². The van der Waals surface area contributed by atoms with Crippen molar-refractivity contribution in [1.29, 1.82) is 0 Å². The summed E-state index contributed by atoms with van der Waals surface area (Å²) in [4.78, 5) is 37.4. The molecular formula is C23H25BN2O7. The molecule has 9 nitrogen and oxygen atoms in total. The summed E-state index contributed by atoms with van der Waals surface area (Å²) >= 11 is 0. The first-order chi connectivity index (χ1) is 15.8. The fraction of sp³-hybridized carbons (Fsp3) is 0.348. The molecule has 1 saturated heterocycles. The van der Waals surface area contributed by atoms with Crippen LogP contribution in [0.15, 0.2) is 42.5 Å². The normalized spacial score (nSPS) is 20.5. The maximum atomic E-state index is 12.7. The monoisotopic (exact) mass is 452 g/mol. The lowest BCUT2D eigenvalue weighted by molar-refractivity contribution is -0.143. The van der Waals surface area contributed by atoms with E-state index in [4.69, 9.17) is 4.65 Å². The molecule has 33 heavy (non-hydrogen) atoms. The Bertz CT molecular complexity index is 1060. The van der Waals surface area contributed by atoms with Crippen molar-refractivity contribution in [2.24, 2.45) is 5.92 Å². The number of fused-ring (bicyclic) bond motifs is 1. The highest BCUT2D eigenvalue weighted by Crippen LogP contribution is 2.30. The summed E-state index contributed by atoms with van der Waals surface area (Å²) in [6.45, 7) is 1.97. The Morgan fingerprint density at radius 3 is 2.58 bits per heavy atom. The van der Waals surface area contributed by atoms with Crippen LogP contribution in [-0.2, 0) is 17.8 Å². The number of hydrogen-bond acceptors (Lipinski definition) is 6. The van der Waals surface area contributed by atoms with Crippen molar-refractivity contribution in [1.82, 2.24) is 10.2 Å². The number of carbonyl (C=O) groups is 3. The molecule has 0 saturated carbocycles. The van der Waals surface area contributed by atoms with Gasteiger partial charge in [-0.25, -0.2) is 4.79 Å². The van der Waals surface area contributed by atoms with E-state index in [9.17, 15) is 29.6 Å². The largest absolute Gasteiger partial charge is 0.547 e. The number of para-hydroxylation sites is 1. The predicted molar refractivity (Wildman–Crippen MR) is 119 cm³/mol. The van der Waals surface area contributed by atoms with E-state index in [1.165, 1.54) is 6.07 Å². The number of aliphatic carboxylic acids is 1. The summed E-state index contributed by atoms with van der Waals surface area (Å²) in [5.74, 6) is -3.24. The minimum atomic E-state index is -1.37. The number of hydrogen-bond donors (Lipinski definition) is 4. The first-order valence-corrected chi connectivity index (χ1v) is 10.9. The molecule has 0 spiro atoms. The number of aromatic carboxylic acids is 1. The van der Waals surface area contributed by atoms with Gasteiger partial charge in [-0.2, -0.15) is 0 Å². The lowest BCUT2D eigenvalue weighted by Gasteiger charge is -2.30. The third-order valence-electron chi connectivity index (χ3n) is 6.14. The Morgan fingerprint density at radius 2 is 1.88 bits per heavy atom. The van der Waals surface area contributed by atoms with Gasteiger partial charge in [-0.3, -0.25) is 14.5 Å². The van der Waals surface area contributed by atoms with Crippen molar-refractivity contribution in [3.63, 3.8) is 0 Å². The minimum Gasteiger partial charge on any atom is -0.534 e. The van der Waals surface area contributed by atoms with Gasteiger partial charge in [0.05, 0.1) is 17.4 Å². The maximum Gasteiger partial charge on any atom is 0.547 e. The zero-order chi connectivity index (χ0) is 23.5. The van der Waals surface area contributed by atoms with Gasteiger partial charge < -0.3 is 25.2 Å². The number of nitrogens with one attached hydrogen (secondary N) is 1. The van der Waals surface area contributed by atoms with Gasteiger partial charge in [0.15, 0.2) is 0 Å². The first kappa shape index (κ1) is 22.8. The number of carbonyl (C=O) groups excluding carboxylic acids is 1. The van der Waals surface area contributed by atoms with Gasteiger partial charge in [-0.1, -0.05) is 24.3 Å². The topological polar surface area (TPSA) is 136 Å². The number of rotatable bonds is 6. The average Bonchev–Trinajstić information content (AvgIpc) is 2.79. The van der Waals surface area contributed by atoms with Crippen LogP contribution in [0.25, 0.3) is 0 Å². The number of piperidine rings is 1. The zero-order valence-corrected chi connectivity index (χ0v) is 17.9. The quantitative estimate of drug-likeness (QED) is 0.484. The van der Waals surface area contributed by atoms with E-state index in [0.29, 0.717) is 30.6 Å². The molecule has 2 aromatic rings. The lowest BCUT2D eigenvalue weighted by atomic mass is 9.72. The second-order valence-corrected chi connectivity index (χ2v) is 8.50. The number of nitrogens with zero attached hydrogens (tertiary/aromatic N) is 1. The van der Waals surface area contributed by atoms with Crippen LogP contribution in [-0.4, -0.2) is 64.1 Å². The molecule has 2 atom stereocenters. The standard InChI is InChI=1S/C23H25BN2O7/c27-21(25-19-11-16-3-1-5-18(23(30)31)20(16)33-24(19)32)15-8-6-14(7-9-15)12-26-10-2-4-17(13-26)22(28)29/h1,3,5-9,17,19,32H,2,4,10-13H2,(H,25,27)(H,28,29)(H,30,31)/t17?,19-/m0/s1. The SMILES string of the molecule is O=C(N[C@H]1Cc2cccc(C(=O)O)c2OB1O)c1ccc(CN2CCCC(C(=O)O)C2)cc1. The lowest BCUT2D eigenvalue weighted by Crippen LogP contribution is -2.53. The maximum absolute atomic E-state index is 12.7. The fourth-order valence-corrected chi connectivity index (χ4v) is 4.39. The summed E-state index contributed by atoms with van der Waals surface area (Å²) in [5.41, 5.74) is 1.96. The van der Waals surface area contributed by atoms with Crippen molar-refractivity contribution in [3.8, 4) is 5.75 Å². The van der Waals surface area contributed by atoms with E-state index in [1.54, 1.807) is 24.3 Å². The molecule has 2 aliphatic rings. The second-order valence-electron chi connectivity index (χ2n) is 8.50. The molecular weight excluding hydrogens is 427 g/mol. The Labute approximate surface area is 191 Å². The zero-order valence-electron chi connectivity index (χ0n) is 17.9. The first-order valence-electron chi connectivity index (χ1n) is 10.9. The molecule has 0 radical (unpaired) electrons. The van der Waals surface area contributed by atoms with E-state index in [0.717, 1.165) is 18.5 Å². The van der Waals surface area contributed by atoms with E-state index < -0.39 is 25.0 Å². The van der Waals surface area contributed by atoms with Crippen molar-refractivity contribution in [3.05, 3.63) is 64.7 Å². The van der Waals surface area contributed by atoms with E-state index in [-0.39, 0.29) is 29.6 Å². The number of carboxylic acids is 2. The second kappa shape index (κ2) is 9.64. The third kappa shape index (κ3) is 5.18. The Kier molecular flexibility index (Phi) is 6.66. The van der Waals surface area contributed by atoms with Crippen molar-refractivity contribution >= 4 is 25.0 Å². The summed E-state index contributed by atoms with van der Waals surface area (Å²) in [5, 5.41) is 31.6. The summed E-state index contributed by atoms with van der Waals surface area (Å²) in [6, 6.07) is 11.8. The van der Waals surface area contributed by atoms with Crippen LogP contribution in [0.4, 0.5) is 0 Å². The molecule has 2 aliphatic heterocycles. The van der Waals surface area contributed by atoms with Crippen LogP contribution in [0, 0.1) is 5.92 Å². The summed E-state index contributed by atoms with van der Waals surface area (Å²) in [7, 11) is -1.37. The molecule has 1 fully saturated rings. The van der Waals surface area contributed by atoms with Gasteiger partial charge >= 0.3 is 19.1 Å². The minimum absolute atomic E-state index is 0.0321. The molecule has 172 valence electrons. The van der Waals surface area contributed by atoms with Crippen molar-refractivity contribution < 1.29 is 34.3 Å². The average molecular weight is 452 g/mol. The van der Waals surface area contributed by atoms with Crippen LogP contribution in [0.3, 0.4) is 0 Å². The van der Waals surface area contributed by atoms with E-state index >= 15 is 0 Å². The van der Waals surface area contributed by atoms with E-state index in [1.807, 2.05) is 12.1 Å². The van der Waals surface area contributed by atoms with Crippen LogP contribution < -0.4 is 9.97 Å². The molecule has 1 amide bonds. The number of amides is 1. The van der Waals surface area contributed by atoms with Crippen LogP contribution in [0.2, 0.25) is 0 Å². The molecule has 1 unspecified atom stereocenters. The van der Waals surface area contributed by atoms with Gasteiger partial charge in [0, 0.05) is 18.7 Å². The highest BCUT2D eigenvalue weighted by atomic mass is 16.5. The predicted octanol–water partition coefficient (Wildman–Crippen LogP) is 1.43. The Balaban J connectivity index is 1.37. The van der Waals surface area contributed by atoms with Gasteiger partial charge in [0.25, 0.3) is 5.91 Å². The van der Waals surface area contributed by atoms with Gasteiger partial charge in [-0.05, 0) is 55.1 Å². The molecule has 10 heteroatoms. The smallest absolute Gasteiger partial charge is 0.534 e. The number of likely N-dealkylation sites (tertiary alicyclic amines) is 1. The van der Waals surface area contributed by atoms with Gasteiger partial charge in [-0.15, -0.1) is 0 Å². The Morgan fingerprint density at radius 1 is 1.12 bits per heavy atom. The summed E-state index contributed by atoms with van der Waals surface area (Å²) < 4.78 is 5.42. The van der Waals surface area contributed by atoms with Crippen molar-refractivity contribution in [2.45, 2.75) is 31.7 Å². The number of benzene rings is 2. The molecule has 0 aromatic heterocycles. The van der Waals surface area contributed by atoms with Crippen LogP contribution >= 0.6 is 0 Å². The van der Waals surface area contributed by atoms with Crippen LogP contribution in [0.1, 0.15) is 44.7 Å². The Hall–Kier alpha value is -3.37. The molecule has 4 rings (SSSR count). The molecule has 2 aromatic carbocycles. The van der Waals surface area contributed by atoms with Gasteiger partial charge in [0.2, 0.25) is 0 Å². The van der Waals surface area contributed by atoms with Crippen LogP contribution in [0.5, 0.6) is 5.75 Å². The molecule has 4 N–H and O–H groups in total. The molecule has 0 bridgehead atoms. The highest BCUT2D eigenvalue weighted by Gasteiger charge is 2.37. The van der Waals surface area contributed by atoms with Crippen molar-refractivity contribution in [2.75, 3.05) is 13.1 Å². The number of carboxylic acid groups (broad SMARTS) is 2. The fourth-order valence-electron chi connectivity index (χ4n) is 4.39.